The van der Waals surface area contributed by atoms with Crippen molar-refractivity contribution in [3.05, 3.63) is 76.6 Å². The summed E-state index contributed by atoms with van der Waals surface area (Å²) in [5.74, 6) is -2.89. The number of ether oxygens (including phenoxy) is 1. The number of aliphatic hydroxyl groups is 2. The number of carboxylic acids is 1. The summed E-state index contributed by atoms with van der Waals surface area (Å²) in [6.45, 7) is 3.89. The molecule has 0 radical (unpaired) electrons. The standard InChI is InChI=1S/C29H35F2N3O6.Na/c1-17(2)27-24(11-10-21(35)14-22(36)15-26(37)38)34(20-8-6-19(30)7-9-20)32-28(27)29(39)33(3)16-18-5-12-25(40-4)23(31)13-18;/h5-9,12-13,17,21-22,35-36H,10-11,14-16H2,1-4H3,(H,37,38);/q;+1/p-1/t21-,22-;/m1./s1. The summed E-state index contributed by atoms with van der Waals surface area (Å²) in [5.41, 5.74) is 2.46. The summed E-state index contributed by atoms with van der Waals surface area (Å²) in [6.07, 6.45) is -2.67. The number of rotatable bonds is 13. The third-order valence-corrected chi connectivity index (χ3v) is 6.52. The minimum Gasteiger partial charge on any atom is -0.550 e. The predicted octanol–water partition coefficient (Wildman–Crippen LogP) is -0.257. The van der Waals surface area contributed by atoms with Gasteiger partial charge in [-0.05, 0) is 67.1 Å². The molecule has 2 N–H and O–H groups in total. The van der Waals surface area contributed by atoms with Crippen molar-refractivity contribution in [2.24, 2.45) is 0 Å². The van der Waals surface area contributed by atoms with Gasteiger partial charge in [0.15, 0.2) is 17.3 Å². The van der Waals surface area contributed by atoms with Crippen LogP contribution in [-0.4, -0.2) is 63.1 Å². The van der Waals surface area contributed by atoms with Gasteiger partial charge in [0.05, 0.1) is 25.0 Å². The van der Waals surface area contributed by atoms with Crippen LogP contribution in [-0.2, 0) is 17.8 Å². The quantitative estimate of drug-likeness (QED) is 0.267. The third kappa shape index (κ3) is 9.08. The molecule has 0 saturated heterocycles. The normalized spacial score (nSPS) is 12.5. The molecule has 0 fully saturated rings. The summed E-state index contributed by atoms with van der Waals surface area (Å²) < 4.78 is 34.4. The number of benzene rings is 2. The van der Waals surface area contributed by atoms with Gasteiger partial charge in [0, 0.05) is 37.2 Å². The van der Waals surface area contributed by atoms with Crippen LogP contribution < -0.4 is 39.4 Å². The van der Waals surface area contributed by atoms with Crippen LogP contribution in [0, 0.1) is 11.6 Å². The molecular formula is C29H34F2N3NaO6. The molecule has 1 amide bonds. The fraction of sp³-hybridized carbons (Fsp3) is 0.414. The van der Waals surface area contributed by atoms with Crippen molar-refractivity contribution in [2.75, 3.05) is 14.2 Å². The van der Waals surface area contributed by atoms with E-state index < -0.39 is 42.1 Å². The Morgan fingerprint density at radius 1 is 1.10 bits per heavy atom. The van der Waals surface area contributed by atoms with Crippen LogP contribution >= 0.6 is 0 Å². The molecule has 216 valence electrons. The van der Waals surface area contributed by atoms with Crippen molar-refractivity contribution >= 4 is 11.9 Å². The van der Waals surface area contributed by atoms with Crippen molar-refractivity contribution in [3.63, 3.8) is 0 Å². The summed E-state index contributed by atoms with van der Waals surface area (Å²) in [7, 11) is 2.94. The van der Waals surface area contributed by atoms with E-state index in [0.717, 1.165) is 0 Å². The van der Waals surface area contributed by atoms with Crippen LogP contribution in [0.2, 0.25) is 0 Å². The summed E-state index contributed by atoms with van der Waals surface area (Å²) in [6, 6.07) is 10.0. The number of carbonyl (C=O) groups excluding carboxylic acids is 2. The zero-order valence-electron chi connectivity index (χ0n) is 23.9. The van der Waals surface area contributed by atoms with E-state index in [1.54, 1.807) is 13.1 Å². The van der Waals surface area contributed by atoms with E-state index >= 15 is 0 Å². The Balaban J connectivity index is 0.00000588. The van der Waals surface area contributed by atoms with Crippen LogP contribution in [0.4, 0.5) is 8.78 Å². The fourth-order valence-corrected chi connectivity index (χ4v) is 4.61. The molecule has 1 heterocycles. The number of halogens is 2. The van der Waals surface area contributed by atoms with Crippen molar-refractivity contribution in [1.82, 2.24) is 14.7 Å². The summed E-state index contributed by atoms with van der Waals surface area (Å²) >= 11 is 0. The van der Waals surface area contributed by atoms with E-state index in [0.29, 0.717) is 22.5 Å². The number of aliphatic hydroxyl groups excluding tert-OH is 2. The van der Waals surface area contributed by atoms with Crippen LogP contribution in [0.1, 0.15) is 66.3 Å². The Bertz CT molecular complexity index is 1330. The molecule has 0 aliphatic heterocycles. The number of methoxy groups -OCH3 is 1. The van der Waals surface area contributed by atoms with E-state index in [2.05, 4.69) is 5.10 Å². The fourth-order valence-electron chi connectivity index (χ4n) is 4.61. The van der Waals surface area contributed by atoms with Gasteiger partial charge in [-0.1, -0.05) is 19.9 Å². The molecule has 1 aromatic heterocycles. The molecule has 12 heteroatoms. The van der Waals surface area contributed by atoms with Crippen molar-refractivity contribution in [1.29, 1.82) is 0 Å². The first-order chi connectivity index (χ1) is 18.9. The second-order valence-electron chi connectivity index (χ2n) is 10.0. The summed E-state index contributed by atoms with van der Waals surface area (Å²) in [5, 5.41) is 35.7. The Morgan fingerprint density at radius 3 is 2.32 bits per heavy atom. The molecule has 9 nitrogen and oxygen atoms in total. The van der Waals surface area contributed by atoms with Crippen molar-refractivity contribution < 1.29 is 68.0 Å². The third-order valence-electron chi connectivity index (χ3n) is 6.52. The van der Waals surface area contributed by atoms with E-state index in [9.17, 15) is 33.7 Å². The topological polar surface area (TPSA) is 128 Å². The monoisotopic (exact) mass is 581 g/mol. The number of amides is 1. The number of hydrogen-bond donors (Lipinski definition) is 2. The molecule has 2 atom stereocenters. The second kappa shape index (κ2) is 15.4. The Labute approximate surface area is 260 Å². The van der Waals surface area contributed by atoms with Gasteiger partial charge in [0.1, 0.15) is 5.82 Å². The first-order valence-electron chi connectivity index (χ1n) is 12.9. The molecule has 41 heavy (non-hydrogen) atoms. The van der Waals surface area contributed by atoms with Crippen LogP contribution in [0.15, 0.2) is 42.5 Å². The van der Waals surface area contributed by atoms with E-state index in [-0.39, 0.29) is 72.7 Å². The Hall–Kier alpha value is -2.83. The molecule has 3 aromatic rings. The Kier molecular flexibility index (Phi) is 12.9. The average molecular weight is 582 g/mol. The average Bonchev–Trinajstić information content (AvgIpc) is 3.26. The van der Waals surface area contributed by atoms with Gasteiger partial charge in [-0.15, -0.1) is 0 Å². The van der Waals surface area contributed by atoms with E-state index in [1.165, 1.54) is 53.1 Å². The minimum atomic E-state index is -1.42. The van der Waals surface area contributed by atoms with Gasteiger partial charge >= 0.3 is 29.6 Å². The van der Waals surface area contributed by atoms with Gasteiger partial charge in [0.25, 0.3) is 5.91 Å². The zero-order chi connectivity index (χ0) is 29.6. The van der Waals surface area contributed by atoms with Gasteiger partial charge < -0.3 is 29.8 Å². The molecule has 0 aliphatic rings. The van der Waals surface area contributed by atoms with Gasteiger partial charge in [-0.25, -0.2) is 13.5 Å². The van der Waals surface area contributed by atoms with Crippen LogP contribution in [0.25, 0.3) is 5.69 Å². The second-order valence-corrected chi connectivity index (χ2v) is 10.0. The SMILES string of the molecule is COc1ccc(CN(C)C(=O)c2nn(-c3ccc(F)cc3)c(CC[C@@H](O)C[C@@H](O)CC(=O)[O-])c2C(C)C)cc1F.[Na+]. The maximum Gasteiger partial charge on any atom is 1.00 e. The number of hydrogen-bond acceptors (Lipinski definition) is 7. The maximum absolute atomic E-state index is 14.2. The van der Waals surface area contributed by atoms with Crippen molar-refractivity contribution in [3.8, 4) is 11.4 Å². The van der Waals surface area contributed by atoms with Crippen LogP contribution in [0.3, 0.4) is 0 Å². The van der Waals surface area contributed by atoms with Crippen molar-refractivity contribution in [2.45, 2.75) is 64.2 Å². The van der Waals surface area contributed by atoms with Crippen LogP contribution in [0.5, 0.6) is 5.75 Å². The molecule has 0 spiro atoms. The maximum atomic E-state index is 14.2. The smallest absolute Gasteiger partial charge is 0.550 e. The zero-order valence-corrected chi connectivity index (χ0v) is 25.9. The first-order valence-corrected chi connectivity index (χ1v) is 12.9. The molecule has 0 bridgehead atoms. The first kappa shape index (κ1) is 34.4. The van der Waals surface area contributed by atoms with Gasteiger partial charge in [-0.3, -0.25) is 4.79 Å². The summed E-state index contributed by atoms with van der Waals surface area (Å²) in [4.78, 5) is 25.8. The molecular weight excluding hydrogens is 547 g/mol. The molecule has 0 saturated carbocycles. The molecule has 0 aliphatic carbocycles. The van der Waals surface area contributed by atoms with E-state index in [1.807, 2.05) is 13.8 Å². The van der Waals surface area contributed by atoms with E-state index in [4.69, 9.17) is 4.74 Å². The molecule has 3 rings (SSSR count). The van der Waals surface area contributed by atoms with Gasteiger partial charge in [-0.2, -0.15) is 5.10 Å². The predicted molar refractivity (Wildman–Crippen MR) is 141 cm³/mol. The number of aliphatic carboxylic acids is 1. The largest absolute Gasteiger partial charge is 1.00 e. The molecule has 0 unspecified atom stereocenters. The van der Waals surface area contributed by atoms with Gasteiger partial charge in [0.2, 0.25) is 0 Å². The molecule has 2 aromatic carbocycles. The Morgan fingerprint density at radius 2 is 1.76 bits per heavy atom. The number of carbonyl (C=O) groups is 2. The number of nitrogens with zero attached hydrogens (tertiary/aromatic N) is 3. The number of aromatic nitrogens is 2. The minimum absolute atomic E-state index is 0. The number of carboxylic acid groups (broad SMARTS) is 1.